The van der Waals surface area contributed by atoms with Crippen LogP contribution in [0, 0.1) is 0 Å². The van der Waals surface area contributed by atoms with Crippen molar-refractivity contribution >= 4 is 39.4 Å². The predicted octanol–water partition coefficient (Wildman–Crippen LogP) is 3.38. The zero-order valence-electron chi connectivity index (χ0n) is 14.8. The first-order valence-corrected chi connectivity index (χ1v) is 11.1. The lowest BCUT2D eigenvalue weighted by molar-refractivity contribution is -0.141. The molecule has 2 rings (SSSR count). The number of carboxylic acid groups (broad SMARTS) is 2. The Morgan fingerprint density at radius 3 is 2.56 bits per heavy atom. The zero-order valence-corrected chi connectivity index (χ0v) is 16.4. The van der Waals surface area contributed by atoms with E-state index in [1.54, 1.807) is 12.1 Å². The number of unbranched alkanes of at least 4 members (excludes halogenated alkanes) is 1. The minimum atomic E-state index is -1.11. The molecule has 2 atom stereocenters. The van der Waals surface area contributed by atoms with E-state index in [2.05, 4.69) is 17.5 Å². The zero-order chi connectivity index (χ0) is 19.6. The summed E-state index contributed by atoms with van der Waals surface area (Å²) in [5.74, 6) is -1.26. The summed E-state index contributed by atoms with van der Waals surface area (Å²) in [6.07, 6.45) is 7.31. The van der Waals surface area contributed by atoms with Crippen LogP contribution < -0.4 is 5.32 Å². The van der Waals surface area contributed by atoms with E-state index in [0.29, 0.717) is 17.2 Å². The van der Waals surface area contributed by atoms with Crippen molar-refractivity contribution in [1.29, 1.82) is 0 Å². The van der Waals surface area contributed by atoms with Crippen LogP contribution in [-0.2, 0) is 16.0 Å². The second-order valence-corrected chi connectivity index (χ2v) is 8.96. The number of carbonyl (C=O) groups excluding carboxylic acids is 1. The third kappa shape index (κ3) is 7.68. The number of aromatic carboxylic acids is 1. The summed E-state index contributed by atoms with van der Waals surface area (Å²) >= 11 is 0. The van der Waals surface area contributed by atoms with Crippen molar-refractivity contribution < 1.29 is 24.6 Å². The summed E-state index contributed by atoms with van der Waals surface area (Å²) < 4.78 is 0. The van der Waals surface area contributed by atoms with Gasteiger partial charge in [0.05, 0.1) is 5.56 Å². The van der Waals surface area contributed by atoms with Crippen LogP contribution in [0.25, 0.3) is 0 Å². The van der Waals surface area contributed by atoms with Crippen molar-refractivity contribution in [3.05, 3.63) is 47.5 Å². The molecule has 1 aromatic rings. The highest BCUT2D eigenvalue weighted by Crippen LogP contribution is 2.38. The predicted molar refractivity (Wildman–Crippen MR) is 108 cm³/mol. The Balaban J connectivity index is 1.76. The van der Waals surface area contributed by atoms with Crippen LogP contribution in [0.4, 0.5) is 0 Å². The molecule has 0 spiro atoms. The molecule has 0 aromatic heterocycles. The van der Waals surface area contributed by atoms with Gasteiger partial charge in [-0.2, -0.15) is 0 Å². The fraction of sp³-hybridized carbons (Fsp3) is 0.421. The normalized spacial score (nSPS) is 17.7. The maximum atomic E-state index is 12.0. The topological polar surface area (TPSA) is 104 Å². The van der Waals surface area contributed by atoms with Crippen LogP contribution in [0.15, 0.2) is 36.4 Å². The molecule has 1 aromatic carbocycles. The number of amides is 1. The lowest BCUT2D eigenvalue weighted by atomic mass is 10.0. The monoisotopic (exact) mass is 409 g/mol. The molecule has 1 heterocycles. The second kappa shape index (κ2) is 11.0. The Morgan fingerprint density at radius 2 is 1.96 bits per heavy atom. The summed E-state index contributed by atoms with van der Waals surface area (Å²) in [4.78, 5) is 34.3. The lowest BCUT2D eigenvalue weighted by Crippen LogP contribution is -2.42. The minimum Gasteiger partial charge on any atom is -0.480 e. The smallest absolute Gasteiger partial charge is 0.335 e. The first-order valence-electron chi connectivity index (χ1n) is 8.75. The number of benzene rings is 1. The maximum absolute atomic E-state index is 12.0. The van der Waals surface area contributed by atoms with Gasteiger partial charge in [-0.15, -0.1) is 0 Å². The van der Waals surface area contributed by atoms with Crippen LogP contribution in [0.2, 0.25) is 0 Å². The number of aliphatic carboxylic acids is 1. The molecule has 0 radical (unpaired) electrons. The van der Waals surface area contributed by atoms with Crippen LogP contribution in [0.1, 0.15) is 41.6 Å². The summed E-state index contributed by atoms with van der Waals surface area (Å²) in [7, 11) is 3.75. The number of carboxylic acids is 2. The van der Waals surface area contributed by atoms with Gasteiger partial charge < -0.3 is 15.5 Å². The summed E-state index contributed by atoms with van der Waals surface area (Å²) in [5, 5.41) is 21.3. The fourth-order valence-electron chi connectivity index (χ4n) is 2.59. The van der Waals surface area contributed by atoms with Crippen molar-refractivity contribution in [2.75, 3.05) is 5.75 Å². The molecule has 8 heteroatoms. The highest BCUT2D eigenvalue weighted by atomic mass is 33.1. The van der Waals surface area contributed by atoms with Gasteiger partial charge in [-0.3, -0.25) is 4.79 Å². The van der Waals surface area contributed by atoms with Crippen molar-refractivity contribution in [2.45, 2.75) is 43.4 Å². The SMILES string of the molecule is O=C(CCC/C=C\[C@@H]1CCSS1)NC(Cc1ccc(C(=O)O)cc1)C(=O)O. The third-order valence-electron chi connectivity index (χ3n) is 4.08. The molecular weight excluding hydrogens is 386 g/mol. The Morgan fingerprint density at radius 1 is 1.22 bits per heavy atom. The summed E-state index contributed by atoms with van der Waals surface area (Å²) in [6, 6.07) is 4.94. The standard InChI is InChI=1S/C19H23NO5S2/c21-17(5-3-1-2-4-15-10-11-26-27-15)20-16(19(24)25)12-13-6-8-14(9-7-13)18(22)23/h2,4,6-9,15-16H,1,3,5,10-12H2,(H,20,21)(H,22,23)(H,24,25)/b4-2-/t15-,16?/m1/s1. The van der Waals surface area contributed by atoms with Gasteiger partial charge in [0.25, 0.3) is 0 Å². The Bertz CT molecular complexity index is 684. The molecule has 1 unspecified atom stereocenters. The van der Waals surface area contributed by atoms with E-state index in [1.165, 1.54) is 24.3 Å². The fourth-order valence-corrected chi connectivity index (χ4v) is 5.33. The number of rotatable bonds is 10. The van der Waals surface area contributed by atoms with Gasteiger partial charge in [-0.25, -0.2) is 9.59 Å². The molecule has 1 fully saturated rings. The van der Waals surface area contributed by atoms with E-state index in [9.17, 15) is 19.5 Å². The van der Waals surface area contributed by atoms with Gasteiger partial charge in [0.15, 0.2) is 0 Å². The molecule has 1 amide bonds. The van der Waals surface area contributed by atoms with Crippen LogP contribution in [0.3, 0.4) is 0 Å². The third-order valence-corrected chi connectivity index (χ3v) is 6.91. The van der Waals surface area contributed by atoms with Gasteiger partial charge in [-0.1, -0.05) is 45.9 Å². The number of hydrogen-bond acceptors (Lipinski definition) is 5. The van der Waals surface area contributed by atoms with Crippen LogP contribution in [-0.4, -0.2) is 45.1 Å². The van der Waals surface area contributed by atoms with E-state index >= 15 is 0 Å². The number of hydrogen-bond donors (Lipinski definition) is 3. The van der Waals surface area contributed by atoms with Crippen molar-refractivity contribution in [1.82, 2.24) is 5.32 Å². The van der Waals surface area contributed by atoms with E-state index in [4.69, 9.17) is 5.11 Å². The highest BCUT2D eigenvalue weighted by Gasteiger charge is 2.20. The maximum Gasteiger partial charge on any atom is 0.335 e. The largest absolute Gasteiger partial charge is 0.480 e. The van der Waals surface area contributed by atoms with E-state index < -0.39 is 18.0 Å². The van der Waals surface area contributed by atoms with Crippen molar-refractivity contribution in [3.8, 4) is 0 Å². The average Bonchev–Trinajstić information content (AvgIpc) is 3.14. The number of carbonyl (C=O) groups is 3. The summed E-state index contributed by atoms with van der Waals surface area (Å²) in [6.45, 7) is 0. The van der Waals surface area contributed by atoms with Gasteiger partial charge >= 0.3 is 11.9 Å². The Hall–Kier alpha value is -1.93. The minimum absolute atomic E-state index is 0.109. The average molecular weight is 410 g/mol. The lowest BCUT2D eigenvalue weighted by Gasteiger charge is -2.14. The molecule has 146 valence electrons. The molecule has 1 aliphatic rings. The van der Waals surface area contributed by atoms with Gasteiger partial charge in [0.2, 0.25) is 5.91 Å². The molecule has 0 aliphatic carbocycles. The van der Waals surface area contributed by atoms with Crippen molar-refractivity contribution in [3.63, 3.8) is 0 Å². The molecule has 0 saturated carbocycles. The molecule has 0 bridgehead atoms. The Labute approximate surface area is 166 Å². The Kier molecular flexibility index (Phi) is 8.74. The van der Waals surface area contributed by atoms with Crippen LogP contribution in [0.5, 0.6) is 0 Å². The van der Waals surface area contributed by atoms with E-state index in [0.717, 1.165) is 6.42 Å². The van der Waals surface area contributed by atoms with Crippen LogP contribution >= 0.6 is 21.6 Å². The quantitative estimate of drug-likeness (QED) is 0.309. The first kappa shape index (κ1) is 21.4. The second-order valence-electron chi connectivity index (χ2n) is 6.23. The molecule has 3 N–H and O–H groups in total. The van der Waals surface area contributed by atoms with Gasteiger partial charge in [-0.05, 0) is 37.0 Å². The van der Waals surface area contributed by atoms with E-state index in [-0.39, 0.29) is 24.3 Å². The molecule has 6 nitrogen and oxygen atoms in total. The number of nitrogens with one attached hydrogen (secondary N) is 1. The summed E-state index contributed by atoms with van der Waals surface area (Å²) in [5.41, 5.74) is 0.792. The number of allylic oxidation sites excluding steroid dienone is 1. The van der Waals surface area contributed by atoms with Gasteiger partial charge in [0, 0.05) is 23.8 Å². The molecule has 1 saturated heterocycles. The van der Waals surface area contributed by atoms with E-state index in [1.807, 2.05) is 21.6 Å². The molecule has 1 aliphatic heterocycles. The molecular formula is C19H23NO5S2. The highest BCUT2D eigenvalue weighted by molar-refractivity contribution is 8.77. The molecule has 27 heavy (non-hydrogen) atoms. The van der Waals surface area contributed by atoms with Crippen molar-refractivity contribution in [2.24, 2.45) is 0 Å². The first-order chi connectivity index (χ1) is 13.0. The van der Waals surface area contributed by atoms with Gasteiger partial charge in [0.1, 0.15) is 6.04 Å².